The Kier molecular flexibility index (Phi) is 8.66. The number of carbonyl (C=O) groups is 3. The summed E-state index contributed by atoms with van der Waals surface area (Å²) in [6, 6.07) is -0.369. The van der Waals surface area contributed by atoms with Crippen molar-refractivity contribution in [2.24, 2.45) is 4.99 Å². The Morgan fingerprint density at radius 3 is 2.54 bits per heavy atom. The van der Waals surface area contributed by atoms with Gasteiger partial charge in [0.15, 0.2) is 5.96 Å². The summed E-state index contributed by atoms with van der Waals surface area (Å²) in [6.07, 6.45) is 0.211. The van der Waals surface area contributed by atoms with Crippen molar-refractivity contribution in [1.82, 2.24) is 26.2 Å². The molecule has 0 aromatic heterocycles. The molecule has 0 saturated carbocycles. The molecule has 0 aromatic carbocycles. The molecule has 148 valence electrons. The number of rotatable bonds is 8. The zero-order chi connectivity index (χ0) is 19.6. The van der Waals surface area contributed by atoms with E-state index in [1.54, 1.807) is 0 Å². The predicted octanol–water partition coefficient (Wildman–Crippen LogP) is 0.00810. The van der Waals surface area contributed by atoms with Crippen molar-refractivity contribution in [2.75, 3.05) is 39.3 Å². The van der Waals surface area contributed by atoms with Crippen LogP contribution in [0.4, 0.5) is 9.59 Å². The van der Waals surface area contributed by atoms with E-state index in [1.807, 2.05) is 27.7 Å². The van der Waals surface area contributed by atoms with E-state index in [2.05, 4.69) is 26.3 Å². The minimum Gasteiger partial charge on any atom is -0.444 e. The number of amides is 4. The molecule has 1 aliphatic rings. The standard InChI is InChI=1S/C16H30N6O4/c1-5-17-13(19-9-10-22-12(23)11-21-14(22)24)18-7-6-8-20-15(25)26-16(2,3)4/h5-11H2,1-4H3,(H,20,25)(H,21,24)(H2,17,18,19). The fourth-order valence-corrected chi connectivity index (χ4v) is 2.08. The first-order chi connectivity index (χ1) is 12.2. The van der Waals surface area contributed by atoms with E-state index < -0.39 is 11.7 Å². The average molecular weight is 370 g/mol. The summed E-state index contributed by atoms with van der Waals surface area (Å²) in [5.41, 5.74) is -0.516. The Morgan fingerprint density at radius 1 is 1.23 bits per heavy atom. The molecule has 26 heavy (non-hydrogen) atoms. The lowest BCUT2D eigenvalue weighted by Gasteiger charge is -2.19. The van der Waals surface area contributed by atoms with Crippen LogP contribution in [-0.2, 0) is 9.53 Å². The molecule has 1 heterocycles. The second-order valence-corrected chi connectivity index (χ2v) is 6.67. The zero-order valence-electron chi connectivity index (χ0n) is 16.0. The first kappa shape index (κ1) is 21.5. The Morgan fingerprint density at radius 2 is 1.96 bits per heavy atom. The molecule has 1 saturated heterocycles. The van der Waals surface area contributed by atoms with Crippen molar-refractivity contribution in [3.05, 3.63) is 0 Å². The van der Waals surface area contributed by atoms with Crippen molar-refractivity contribution in [2.45, 2.75) is 39.7 Å². The molecule has 10 heteroatoms. The first-order valence-corrected chi connectivity index (χ1v) is 8.80. The average Bonchev–Trinajstić information content (AvgIpc) is 2.84. The second-order valence-electron chi connectivity index (χ2n) is 6.67. The zero-order valence-corrected chi connectivity index (χ0v) is 16.0. The fraction of sp³-hybridized carbons (Fsp3) is 0.750. The molecule has 0 bridgehead atoms. The van der Waals surface area contributed by atoms with Gasteiger partial charge in [0.2, 0.25) is 5.91 Å². The summed E-state index contributed by atoms with van der Waals surface area (Å²) in [5.74, 6) is 0.365. The highest BCUT2D eigenvalue weighted by Crippen LogP contribution is 2.06. The van der Waals surface area contributed by atoms with Crippen LogP contribution in [0.25, 0.3) is 0 Å². The maximum atomic E-state index is 11.5. The largest absolute Gasteiger partial charge is 0.444 e. The van der Waals surface area contributed by atoms with Crippen LogP contribution in [0.1, 0.15) is 34.1 Å². The molecule has 4 amide bonds. The lowest BCUT2D eigenvalue weighted by Crippen LogP contribution is -2.43. The van der Waals surface area contributed by atoms with Gasteiger partial charge in [-0.3, -0.25) is 14.7 Å². The van der Waals surface area contributed by atoms with E-state index >= 15 is 0 Å². The molecule has 4 N–H and O–H groups in total. The highest BCUT2D eigenvalue weighted by molar-refractivity contribution is 6.01. The monoisotopic (exact) mass is 370 g/mol. The minimum atomic E-state index is -0.516. The number of imide groups is 1. The summed E-state index contributed by atoms with van der Waals surface area (Å²) in [7, 11) is 0. The van der Waals surface area contributed by atoms with Gasteiger partial charge in [-0.25, -0.2) is 9.59 Å². The predicted molar refractivity (Wildman–Crippen MR) is 97.9 cm³/mol. The van der Waals surface area contributed by atoms with Crippen LogP contribution in [0.15, 0.2) is 4.99 Å². The van der Waals surface area contributed by atoms with Crippen molar-refractivity contribution in [3.8, 4) is 0 Å². The van der Waals surface area contributed by atoms with Gasteiger partial charge in [0.25, 0.3) is 0 Å². The van der Waals surface area contributed by atoms with Crippen LogP contribution in [0.2, 0.25) is 0 Å². The third-order valence-corrected chi connectivity index (χ3v) is 3.18. The number of hydrogen-bond acceptors (Lipinski definition) is 5. The molecule has 0 radical (unpaired) electrons. The van der Waals surface area contributed by atoms with Crippen LogP contribution < -0.4 is 21.3 Å². The number of hydrogen-bond donors (Lipinski definition) is 4. The number of nitrogens with zero attached hydrogens (tertiary/aromatic N) is 2. The number of urea groups is 1. The molecule has 0 atom stereocenters. The lowest BCUT2D eigenvalue weighted by molar-refractivity contribution is -0.124. The van der Waals surface area contributed by atoms with Crippen LogP contribution in [-0.4, -0.2) is 73.8 Å². The number of ether oxygens (including phenoxy) is 1. The summed E-state index contributed by atoms with van der Waals surface area (Å²) >= 11 is 0. The van der Waals surface area contributed by atoms with Crippen LogP contribution >= 0.6 is 0 Å². The minimum absolute atomic E-state index is 0.0532. The normalized spacial score (nSPS) is 14.9. The van der Waals surface area contributed by atoms with Gasteiger partial charge >= 0.3 is 12.1 Å². The quantitative estimate of drug-likeness (QED) is 0.206. The van der Waals surface area contributed by atoms with Gasteiger partial charge in [-0.1, -0.05) is 0 Å². The molecule has 1 rings (SSSR count). The molecular formula is C16H30N6O4. The second kappa shape index (κ2) is 10.5. The van der Waals surface area contributed by atoms with Gasteiger partial charge in [-0.05, 0) is 34.1 Å². The van der Waals surface area contributed by atoms with Crippen molar-refractivity contribution in [3.63, 3.8) is 0 Å². The maximum Gasteiger partial charge on any atom is 0.407 e. The fourth-order valence-electron chi connectivity index (χ4n) is 2.08. The Balaban J connectivity index is 2.27. The summed E-state index contributed by atoms with van der Waals surface area (Å²) in [4.78, 5) is 40.0. The van der Waals surface area contributed by atoms with Crippen LogP contribution in [0, 0.1) is 0 Å². The van der Waals surface area contributed by atoms with E-state index in [1.165, 1.54) is 4.90 Å². The van der Waals surface area contributed by atoms with Crippen molar-refractivity contribution in [1.29, 1.82) is 0 Å². The third-order valence-electron chi connectivity index (χ3n) is 3.18. The van der Waals surface area contributed by atoms with Gasteiger partial charge in [-0.2, -0.15) is 0 Å². The number of nitrogens with one attached hydrogen (secondary N) is 4. The maximum absolute atomic E-state index is 11.5. The van der Waals surface area contributed by atoms with Gasteiger partial charge in [0, 0.05) is 32.7 Å². The van der Waals surface area contributed by atoms with Crippen molar-refractivity contribution >= 4 is 24.0 Å². The number of carbonyl (C=O) groups excluding carboxylic acids is 3. The number of guanidine groups is 1. The van der Waals surface area contributed by atoms with E-state index in [9.17, 15) is 14.4 Å². The van der Waals surface area contributed by atoms with E-state index in [4.69, 9.17) is 4.74 Å². The molecule has 10 nitrogen and oxygen atoms in total. The van der Waals surface area contributed by atoms with Crippen molar-refractivity contribution < 1.29 is 19.1 Å². The van der Waals surface area contributed by atoms with Gasteiger partial charge in [0.05, 0.1) is 6.54 Å². The highest BCUT2D eigenvalue weighted by atomic mass is 16.6. The van der Waals surface area contributed by atoms with Crippen LogP contribution in [0.3, 0.4) is 0 Å². The van der Waals surface area contributed by atoms with Crippen LogP contribution in [0.5, 0.6) is 0 Å². The summed E-state index contributed by atoms with van der Waals surface area (Å²) in [5, 5.41) is 11.3. The lowest BCUT2D eigenvalue weighted by atomic mass is 10.2. The van der Waals surface area contributed by atoms with Gasteiger partial charge in [-0.15, -0.1) is 0 Å². The molecule has 0 unspecified atom stereocenters. The molecule has 0 aliphatic carbocycles. The first-order valence-electron chi connectivity index (χ1n) is 8.80. The summed E-state index contributed by atoms with van der Waals surface area (Å²) in [6.45, 7) is 9.76. The Hall–Kier alpha value is -2.52. The molecular weight excluding hydrogens is 340 g/mol. The molecule has 0 aromatic rings. The van der Waals surface area contributed by atoms with E-state index in [0.29, 0.717) is 38.6 Å². The Bertz CT molecular complexity index is 513. The van der Waals surface area contributed by atoms with E-state index in [0.717, 1.165) is 0 Å². The Labute approximate surface area is 154 Å². The molecule has 1 fully saturated rings. The molecule has 0 spiro atoms. The number of alkyl carbamates (subject to hydrolysis) is 1. The SMILES string of the molecule is CCNC(=NCCCNC(=O)OC(C)(C)C)NCCN1C(=O)CNC1=O. The summed E-state index contributed by atoms with van der Waals surface area (Å²) < 4.78 is 5.15. The topological polar surface area (TPSA) is 124 Å². The highest BCUT2D eigenvalue weighted by Gasteiger charge is 2.27. The van der Waals surface area contributed by atoms with Gasteiger partial charge < -0.3 is 26.0 Å². The van der Waals surface area contributed by atoms with E-state index in [-0.39, 0.29) is 25.0 Å². The number of aliphatic imine (C=N–C) groups is 1. The van der Waals surface area contributed by atoms with Gasteiger partial charge in [0.1, 0.15) is 5.60 Å². The smallest absolute Gasteiger partial charge is 0.407 e. The molecule has 1 aliphatic heterocycles. The third kappa shape index (κ3) is 8.54.